The lowest BCUT2D eigenvalue weighted by molar-refractivity contribution is -0.137. The molecule has 4 heteroatoms. The van der Waals surface area contributed by atoms with Crippen LogP contribution < -0.4 is 0 Å². The third-order valence-electron chi connectivity index (χ3n) is 5.16. The second kappa shape index (κ2) is 7.93. The maximum Gasteiger partial charge on any atom is 0.334 e. The van der Waals surface area contributed by atoms with Crippen LogP contribution in [0.5, 0.6) is 0 Å². The Balaban J connectivity index is 2.30. The van der Waals surface area contributed by atoms with Crippen LogP contribution in [0.1, 0.15) is 52.9 Å². The van der Waals surface area contributed by atoms with E-state index >= 15 is 0 Å². The highest BCUT2D eigenvalue weighted by atomic mass is 16.6. The lowest BCUT2D eigenvalue weighted by atomic mass is 9.82. The number of ketones is 1. The number of allylic oxidation sites excluding steroid dienone is 3. The zero-order chi connectivity index (χ0) is 17.9. The fraction of sp³-hybridized carbons (Fsp3) is 0.600. The standard InChI is InChI=1S/C20H28O4/c1-12-6-5-7-13(2)10-19-17(14(3)20(23)24-19)11-18(22)16(9-8-12)15(4)21/h6,10,16-19,22H,3,5,7-9,11H2,1-2,4H3/b12-6+,13-10+. The van der Waals surface area contributed by atoms with E-state index in [9.17, 15) is 14.7 Å². The van der Waals surface area contributed by atoms with Crippen LogP contribution in [-0.4, -0.2) is 29.1 Å². The second-order valence-electron chi connectivity index (χ2n) is 7.16. The molecule has 4 atom stereocenters. The maximum atomic E-state index is 12.0. The molecule has 0 radical (unpaired) electrons. The maximum absolute atomic E-state index is 12.0. The molecule has 132 valence electrons. The molecule has 0 aromatic heterocycles. The van der Waals surface area contributed by atoms with E-state index in [1.54, 1.807) is 0 Å². The largest absolute Gasteiger partial charge is 0.454 e. The fourth-order valence-electron chi connectivity index (χ4n) is 3.54. The van der Waals surface area contributed by atoms with E-state index in [1.807, 2.05) is 13.0 Å². The predicted molar refractivity (Wildman–Crippen MR) is 93.3 cm³/mol. The number of ether oxygens (including phenoxy) is 1. The minimum atomic E-state index is -0.788. The van der Waals surface area contributed by atoms with Gasteiger partial charge in [-0.2, -0.15) is 0 Å². The topological polar surface area (TPSA) is 63.6 Å². The first-order valence-electron chi connectivity index (χ1n) is 8.70. The summed E-state index contributed by atoms with van der Waals surface area (Å²) in [6.07, 6.45) is 6.57. The summed E-state index contributed by atoms with van der Waals surface area (Å²) in [5.41, 5.74) is 2.81. The highest BCUT2D eigenvalue weighted by Gasteiger charge is 2.40. The summed E-state index contributed by atoms with van der Waals surface area (Å²) < 4.78 is 5.42. The van der Waals surface area contributed by atoms with Crippen LogP contribution in [0.15, 0.2) is 35.5 Å². The molecule has 24 heavy (non-hydrogen) atoms. The van der Waals surface area contributed by atoms with Crippen molar-refractivity contribution in [3.63, 3.8) is 0 Å². The Morgan fingerprint density at radius 3 is 2.67 bits per heavy atom. The van der Waals surface area contributed by atoms with E-state index in [4.69, 9.17) is 4.74 Å². The number of aliphatic hydroxyl groups is 1. The summed E-state index contributed by atoms with van der Waals surface area (Å²) in [4.78, 5) is 23.9. The van der Waals surface area contributed by atoms with Crippen LogP contribution in [0.25, 0.3) is 0 Å². The lowest BCUT2D eigenvalue weighted by Gasteiger charge is -2.24. The Labute approximate surface area is 144 Å². The Bertz CT molecular complexity index is 584. The number of rotatable bonds is 1. The minimum Gasteiger partial charge on any atom is -0.454 e. The van der Waals surface area contributed by atoms with Crippen molar-refractivity contribution in [2.75, 3.05) is 0 Å². The molecule has 0 amide bonds. The summed E-state index contributed by atoms with van der Waals surface area (Å²) in [6.45, 7) is 9.46. The Morgan fingerprint density at radius 1 is 1.29 bits per heavy atom. The summed E-state index contributed by atoms with van der Waals surface area (Å²) >= 11 is 0. The van der Waals surface area contributed by atoms with Gasteiger partial charge in [-0.25, -0.2) is 4.79 Å². The van der Waals surface area contributed by atoms with E-state index in [0.29, 0.717) is 18.4 Å². The SMILES string of the molecule is C=C1C(=O)OC2/C=C(\C)CC/C=C(\C)CCC(C(C)=O)C(O)CC12. The van der Waals surface area contributed by atoms with Crippen molar-refractivity contribution in [2.45, 2.75) is 65.1 Å². The van der Waals surface area contributed by atoms with Crippen LogP contribution in [0.3, 0.4) is 0 Å². The van der Waals surface area contributed by atoms with Crippen LogP contribution in [0.4, 0.5) is 0 Å². The average molecular weight is 332 g/mol. The van der Waals surface area contributed by atoms with Crippen LogP contribution in [0.2, 0.25) is 0 Å². The van der Waals surface area contributed by atoms with Crippen molar-refractivity contribution < 1.29 is 19.4 Å². The van der Waals surface area contributed by atoms with Crippen molar-refractivity contribution in [2.24, 2.45) is 11.8 Å². The van der Waals surface area contributed by atoms with E-state index in [1.165, 1.54) is 12.5 Å². The van der Waals surface area contributed by atoms with Gasteiger partial charge in [-0.05, 0) is 59.0 Å². The summed E-state index contributed by atoms with van der Waals surface area (Å²) in [7, 11) is 0. The van der Waals surface area contributed by atoms with Gasteiger partial charge < -0.3 is 9.84 Å². The first kappa shape index (κ1) is 18.7. The molecule has 1 heterocycles. The molecule has 2 aliphatic rings. The smallest absolute Gasteiger partial charge is 0.334 e. The summed E-state index contributed by atoms with van der Waals surface area (Å²) in [5.74, 6) is -1.09. The molecular weight excluding hydrogens is 304 g/mol. The average Bonchev–Trinajstić information content (AvgIpc) is 2.74. The number of esters is 1. The van der Waals surface area contributed by atoms with Crippen molar-refractivity contribution in [1.29, 1.82) is 0 Å². The first-order chi connectivity index (χ1) is 11.3. The Morgan fingerprint density at radius 2 is 2.00 bits per heavy atom. The molecule has 4 nitrogen and oxygen atoms in total. The zero-order valence-corrected chi connectivity index (χ0v) is 14.9. The van der Waals surface area contributed by atoms with Crippen molar-refractivity contribution >= 4 is 11.8 Å². The van der Waals surface area contributed by atoms with E-state index in [0.717, 1.165) is 24.8 Å². The molecule has 1 aliphatic heterocycles. The summed E-state index contributed by atoms with van der Waals surface area (Å²) in [5, 5.41) is 10.6. The lowest BCUT2D eigenvalue weighted by Crippen LogP contribution is -2.31. The van der Waals surface area contributed by atoms with Crippen molar-refractivity contribution in [3.8, 4) is 0 Å². The molecule has 1 fully saturated rings. The van der Waals surface area contributed by atoms with Gasteiger partial charge >= 0.3 is 5.97 Å². The predicted octanol–water partition coefficient (Wildman–Crippen LogP) is 3.51. The third-order valence-corrected chi connectivity index (χ3v) is 5.16. The van der Waals surface area contributed by atoms with Gasteiger partial charge in [0.1, 0.15) is 11.9 Å². The highest BCUT2D eigenvalue weighted by molar-refractivity contribution is 5.91. The molecule has 1 aliphatic carbocycles. The number of hydrogen-bond acceptors (Lipinski definition) is 4. The van der Waals surface area contributed by atoms with Gasteiger partial charge in [0, 0.05) is 17.4 Å². The van der Waals surface area contributed by atoms with Crippen LogP contribution >= 0.6 is 0 Å². The molecule has 1 saturated heterocycles. The molecule has 2 rings (SSSR count). The number of fused-ring (bicyclic) bond motifs is 1. The molecule has 0 saturated carbocycles. The molecular formula is C20H28O4. The molecule has 0 aromatic rings. The van der Waals surface area contributed by atoms with Crippen molar-refractivity contribution in [1.82, 2.24) is 0 Å². The summed E-state index contributed by atoms with van der Waals surface area (Å²) in [6, 6.07) is 0. The number of hydrogen-bond donors (Lipinski definition) is 1. The quantitative estimate of drug-likeness (QED) is 0.453. The second-order valence-corrected chi connectivity index (χ2v) is 7.16. The van der Waals surface area contributed by atoms with Gasteiger partial charge in [0.15, 0.2) is 0 Å². The van der Waals surface area contributed by atoms with Crippen LogP contribution in [0, 0.1) is 11.8 Å². The Kier molecular flexibility index (Phi) is 6.16. The van der Waals surface area contributed by atoms with E-state index in [-0.39, 0.29) is 11.7 Å². The number of carbonyl (C=O) groups is 2. The number of aliphatic hydroxyl groups excluding tert-OH is 1. The van der Waals surface area contributed by atoms with Gasteiger partial charge in [-0.1, -0.05) is 23.8 Å². The molecule has 0 spiro atoms. The van der Waals surface area contributed by atoms with Gasteiger partial charge in [0.2, 0.25) is 0 Å². The number of Topliss-reactive ketones (excluding diaryl/α,β-unsaturated/α-hetero) is 1. The van der Waals surface area contributed by atoms with E-state index in [2.05, 4.69) is 19.6 Å². The number of carbonyl (C=O) groups excluding carboxylic acids is 2. The van der Waals surface area contributed by atoms with Gasteiger partial charge in [-0.15, -0.1) is 0 Å². The van der Waals surface area contributed by atoms with Crippen molar-refractivity contribution in [3.05, 3.63) is 35.5 Å². The van der Waals surface area contributed by atoms with Crippen LogP contribution in [-0.2, 0) is 14.3 Å². The third kappa shape index (κ3) is 4.44. The van der Waals surface area contributed by atoms with E-state index < -0.39 is 24.1 Å². The molecule has 0 bridgehead atoms. The van der Waals surface area contributed by atoms with Gasteiger partial charge in [-0.3, -0.25) is 4.79 Å². The normalized spacial score (nSPS) is 36.8. The monoisotopic (exact) mass is 332 g/mol. The molecule has 0 aromatic carbocycles. The zero-order valence-electron chi connectivity index (χ0n) is 14.9. The highest BCUT2D eigenvalue weighted by Crippen LogP contribution is 2.35. The van der Waals surface area contributed by atoms with Gasteiger partial charge in [0.25, 0.3) is 0 Å². The Hall–Kier alpha value is -1.68. The fourth-order valence-corrected chi connectivity index (χ4v) is 3.54. The first-order valence-corrected chi connectivity index (χ1v) is 8.70. The van der Waals surface area contributed by atoms with Gasteiger partial charge in [0.05, 0.1) is 6.10 Å². The molecule has 1 N–H and O–H groups in total. The molecule has 4 unspecified atom stereocenters. The minimum absolute atomic E-state index is 0.00991.